The molecule has 0 unspecified atom stereocenters. The second-order valence-corrected chi connectivity index (χ2v) is 4.88. The highest BCUT2D eigenvalue weighted by molar-refractivity contribution is 9.08. The van der Waals surface area contributed by atoms with Gasteiger partial charge in [-0.2, -0.15) is 13.2 Å². The van der Waals surface area contributed by atoms with Gasteiger partial charge >= 0.3 is 6.18 Å². The van der Waals surface area contributed by atoms with Gasteiger partial charge in [-0.25, -0.2) is 17.6 Å². The summed E-state index contributed by atoms with van der Waals surface area (Å²) in [5.74, 6) is -6.79. The molecule has 0 heterocycles. The Morgan fingerprint density at radius 3 is 1.86 bits per heavy atom. The molecular formula is C14H6BrF7. The third kappa shape index (κ3) is 2.84. The molecule has 0 saturated carbocycles. The van der Waals surface area contributed by atoms with Gasteiger partial charge in [-0.05, 0) is 17.7 Å². The molecule has 118 valence electrons. The summed E-state index contributed by atoms with van der Waals surface area (Å²) in [7, 11) is 0. The fraction of sp³-hybridized carbons (Fsp3) is 0.143. The van der Waals surface area contributed by atoms with Gasteiger partial charge in [-0.15, -0.1) is 0 Å². The van der Waals surface area contributed by atoms with Gasteiger partial charge in [-0.1, -0.05) is 28.1 Å². The summed E-state index contributed by atoms with van der Waals surface area (Å²) in [6.07, 6.45) is -4.75. The molecular weight excluding hydrogens is 381 g/mol. The van der Waals surface area contributed by atoms with E-state index in [1.165, 1.54) is 0 Å². The van der Waals surface area contributed by atoms with Gasteiger partial charge in [0.1, 0.15) is 0 Å². The van der Waals surface area contributed by atoms with Crippen molar-refractivity contribution in [1.82, 2.24) is 0 Å². The second-order valence-electron chi connectivity index (χ2n) is 4.32. The van der Waals surface area contributed by atoms with Crippen LogP contribution in [0.2, 0.25) is 0 Å². The zero-order valence-electron chi connectivity index (χ0n) is 10.5. The lowest BCUT2D eigenvalue weighted by molar-refractivity contribution is -0.137. The predicted octanol–water partition coefficient (Wildman–Crippen LogP) is 5.82. The highest BCUT2D eigenvalue weighted by Gasteiger charge is 2.32. The molecule has 0 amide bonds. The minimum absolute atomic E-state index is 0.425. The molecule has 22 heavy (non-hydrogen) atoms. The largest absolute Gasteiger partial charge is 0.416 e. The summed E-state index contributed by atoms with van der Waals surface area (Å²) < 4.78 is 93.1. The van der Waals surface area contributed by atoms with Crippen molar-refractivity contribution >= 4 is 15.9 Å². The van der Waals surface area contributed by atoms with Crippen molar-refractivity contribution in [3.05, 3.63) is 58.7 Å². The topological polar surface area (TPSA) is 0 Å². The van der Waals surface area contributed by atoms with E-state index in [4.69, 9.17) is 0 Å². The van der Waals surface area contributed by atoms with E-state index >= 15 is 0 Å². The van der Waals surface area contributed by atoms with Crippen molar-refractivity contribution in [2.75, 3.05) is 0 Å². The lowest BCUT2D eigenvalue weighted by Gasteiger charge is -2.13. The lowest BCUT2D eigenvalue weighted by atomic mass is 9.99. The quantitative estimate of drug-likeness (QED) is 0.346. The number of hydrogen-bond donors (Lipinski definition) is 0. The average molecular weight is 387 g/mol. The van der Waals surface area contributed by atoms with Crippen LogP contribution in [0.1, 0.15) is 11.1 Å². The van der Waals surface area contributed by atoms with Crippen LogP contribution >= 0.6 is 15.9 Å². The van der Waals surface area contributed by atoms with E-state index in [0.29, 0.717) is 12.1 Å². The molecule has 8 heteroatoms. The molecule has 0 spiro atoms. The van der Waals surface area contributed by atoms with E-state index in [0.717, 1.165) is 12.1 Å². The number of hydrogen-bond acceptors (Lipinski definition) is 0. The van der Waals surface area contributed by atoms with Crippen LogP contribution in [0, 0.1) is 23.3 Å². The average Bonchev–Trinajstić information content (AvgIpc) is 2.46. The monoisotopic (exact) mass is 386 g/mol. The highest BCUT2D eigenvalue weighted by Crippen LogP contribution is 2.36. The van der Waals surface area contributed by atoms with Gasteiger partial charge in [0, 0.05) is 10.9 Å². The molecule has 0 N–H and O–H groups in total. The number of rotatable bonds is 2. The van der Waals surface area contributed by atoms with E-state index in [9.17, 15) is 30.7 Å². The number of alkyl halides is 4. The lowest BCUT2D eigenvalue weighted by Crippen LogP contribution is -2.07. The number of halogens is 8. The van der Waals surface area contributed by atoms with Crippen LogP contribution in [-0.2, 0) is 11.5 Å². The van der Waals surface area contributed by atoms with Crippen LogP contribution < -0.4 is 0 Å². The van der Waals surface area contributed by atoms with Crippen molar-refractivity contribution in [2.24, 2.45) is 0 Å². The predicted molar refractivity (Wildman–Crippen MR) is 69.3 cm³/mol. The van der Waals surface area contributed by atoms with E-state index in [1.54, 1.807) is 0 Å². The fourth-order valence-electron chi connectivity index (χ4n) is 1.90. The molecule has 0 saturated heterocycles. The smallest absolute Gasteiger partial charge is 0.203 e. The van der Waals surface area contributed by atoms with Gasteiger partial charge in [-0.3, -0.25) is 0 Å². The molecule has 0 bridgehead atoms. The second kappa shape index (κ2) is 5.91. The number of benzene rings is 2. The van der Waals surface area contributed by atoms with Gasteiger partial charge in [0.25, 0.3) is 0 Å². The first-order valence-corrected chi connectivity index (χ1v) is 6.89. The van der Waals surface area contributed by atoms with Crippen molar-refractivity contribution in [3.63, 3.8) is 0 Å². The van der Waals surface area contributed by atoms with Crippen LogP contribution in [0.5, 0.6) is 0 Å². The Kier molecular flexibility index (Phi) is 4.51. The normalized spacial score (nSPS) is 11.8. The maximum atomic E-state index is 13.9. The highest BCUT2D eigenvalue weighted by atomic mass is 79.9. The Morgan fingerprint density at radius 2 is 1.41 bits per heavy atom. The maximum Gasteiger partial charge on any atom is 0.416 e. The first-order chi connectivity index (χ1) is 10.2. The third-order valence-electron chi connectivity index (χ3n) is 2.97. The Hall–Kier alpha value is -1.57. The minimum Gasteiger partial charge on any atom is -0.203 e. The Labute approximate surface area is 128 Å². The summed E-state index contributed by atoms with van der Waals surface area (Å²) in [4.78, 5) is 0. The maximum absolute atomic E-state index is 13.9. The molecule has 2 rings (SSSR count). The molecule has 2 aromatic carbocycles. The van der Waals surface area contributed by atoms with Crippen LogP contribution in [-0.4, -0.2) is 0 Å². The molecule has 0 fully saturated rings. The molecule has 0 aromatic heterocycles. The van der Waals surface area contributed by atoms with E-state index in [1.807, 2.05) is 0 Å². The summed E-state index contributed by atoms with van der Waals surface area (Å²) >= 11 is 2.68. The molecule has 0 aliphatic rings. The van der Waals surface area contributed by atoms with Gasteiger partial charge < -0.3 is 0 Å². The summed E-state index contributed by atoms with van der Waals surface area (Å²) in [6, 6.07) is 2.93. The Balaban J connectivity index is 2.74. The van der Waals surface area contributed by atoms with Crippen molar-refractivity contribution in [2.45, 2.75) is 11.5 Å². The van der Waals surface area contributed by atoms with Crippen molar-refractivity contribution in [3.8, 4) is 11.1 Å². The standard InChI is InChI=1S/C14H6BrF7/c15-5-8-10(16)12(18)9(13(19)11(8)17)6-2-1-3-7(4-6)14(20,21)22/h1-4H,5H2. The minimum atomic E-state index is -4.75. The molecule has 0 aliphatic carbocycles. The third-order valence-corrected chi connectivity index (χ3v) is 3.53. The first kappa shape index (κ1) is 16.8. The van der Waals surface area contributed by atoms with Gasteiger partial charge in [0.15, 0.2) is 23.3 Å². The first-order valence-electron chi connectivity index (χ1n) is 5.77. The Morgan fingerprint density at radius 1 is 0.864 bits per heavy atom. The van der Waals surface area contributed by atoms with Crippen molar-refractivity contribution in [1.29, 1.82) is 0 Å². The van der Waals surface area contributed by atoms with Crippen LogP contribution in [0.25, 0.3) is 11.1 Å². The zero-order valence-corrected chi connectivity index (χ0v) is 12.1. The molecule has 0 aliphatic heterocycles. The van der Waals surface area contributed by atoms with E-state index < -0.39 is 57.0 Å². The van der Waals surface area contributed by atoms with Gasteiger partial charge in [0.2, 0.25) is 0 Å². The molecule has 0 nitrogen and oxygen atoms in total. The van der Waals surface area contributed by atoms with Crippen LogP contribution in [0.4, 0.5) is 30.7 Å². The van der Waals surface area contributed by atoms with E-state index in [-0.39, 0.29) is 0 Å². The molecule has 0 atom stereocenters. The molecule has 0 radical (unpaired) electrons. The summed E-state index contributed by atoms with van der Waals surface area (Å²) in [6.45, 7) is 0. The summed E-state index contributed by atoms with van der Waals surface area (Å²) in [5.41, 5.74) is -3.84. The molecule has 2 aromatic rings. The summed E-state index contributed by atoms with van der Waals surface area (Å²) in [5, 5.41) is -0.485. The fourth-order valence-corrected chi connectivity index (χ4v) is 2.39. The van der Waals surface area contributed by atoms with Crippen molar-refractivity contribution < 1.29 is 30.7 Å². The van der Waals surface area contributed by atoms with Crippen LogP contribution in [0.3, 0.4) is 0 Å². The van der Waals surface area contributed by atoms with E-state index in [2.05, 4.69) is 15.9 Å². The van der Waals surface area contributed by atoms with Crippen LogP contribution in [0.15, 0.2) is 24.3 Å². The SMILES string of the molecule is Fc1c(F)c(-c2cccc(C(F)(F)F)c2)c(F)c(F)c1CBr. The van der Waals surface area contributed by atoms with Gasteiger partial charge in [0.05, 0.1) is 11.1 Å². The zero-order chi connectivity index (χ0) is 16.7. The Bertz CT molecular complexity index is 693.